The van der Waals surface area contributed by atoms with Crippen molar-refractivity contribution in [3.05, 3.63) is 73.3 Å². The van der Waals surface area contributed by atoms with Crippen molar-refractivity contribution in [2.24, 2.45) is 5.92 Å². The molecule has 0 radical (unpaired) electrons. The van der Waals surface area contributed by atoms with Crippen molar-refractivity contribution in [1.29, 1.82) is 0 Å². The van der Waals surface area contributed by atoms with Crippen LogP contribution in [0.15, 0.2) is 73.3 Å². The van der Waals surface area contributed by atoms with Gasteiger partial charge in [-0.25, -0.2) is 0 Å². The van der Waals surface area contributed by atoms with Crippen molar-refractivity contribution < 1.29 is 9.67 Å². The van der Waals surface area contributed by atoms with Crippen LogP contribution in [0.4, 0.5) is 0 Å². The molecule has 1 aliphatic rings. The van der Waals surface area contributed by atoms with Crippen LogP contribution in [-0.4, -0.2) is 16.9 Å². The molecule has 1 fully saturated rings. The largest absolute Gasteiger partial charge is 0.393 e. The van der Waals surface area contributed by atoms with Crippen LogP contribution in [0.25, 0.3) is 0 Å². The van der Waals surface area contributed by atoms with Gasteiger partial charge in [0.1, 0.15) is 7.14 Å². The van der Waals surface area contributed by atoms with Gasteiger partial charge in [0.05, 0.1) is 6.10 Å². The van der Waals surface area contributed by atoms with Crippen LogP contribution in [0.3, 0.4) is 0 Å². The van der Waals surface area contributed by atoms with Gasteiger partial charge in [-0.15, -0.1) is 6.58 Å². The van der Waals surface area contributed by atoms with Crippen molar-refractivity contribution >= 4 is 17.8 Å². The average molecular weight is 340 g/mol. The molecule has 0 heterocycles. The molecule has 0 saturated heterocycles. The number of aliphatic hydroxyl groups is 1. The second-order valence-corrected chi connectivity index (χ2v) is 9.52. The molecule has 0 spiro atoms. The molecular weight excluding hydrogens is 315 g/mol. The summed E-state index contributed by atoms with van der Waals surface area (Å²) in [5, 5.41) is 12.3. The molecular formula is C21H25O2P. The van der Waals surface area contributed by atoms with E-state index in [1.165, 1.54) is 0 Å². The van der Waals surface area contributed by atoms with Crippen LogP contribution in [0, 0.1) is 5.92 Å². The lowest BCUT2D eigenvalue weighted by molar-refractivity contribution is 0.0728. The summed E-state index contributed by atoms with van der Waals surface area (Å²) >= 11 is 0. The molecule has 1 aliphatic carbocycles. The highest BCUT2D eigenvalue weighted by Gasteiger charge is 2.42. The third-order valence-corrected chi connectivity index (χ3v) is 8.73. The van der Waals surface area contributed by atoms with Gasteiger partial charge < -0.3 is 9.67 Å². The quantitative estimate of drug-likeness (QED) is 0.657. The molecule has 0 aliphatic heterocycles. The van der Waals surface area contributed by atoms with E-state index in [2.05, 4.69) is 6.58 Å². The third-order valence-electron chi connectivity index (χ3n) is 5.16. The maximum Gasteiger partial charge on any atom is 0.150 e. The zero-order valence-corrected chi connectivity index (χ0v) is 14.8. The first-order valence-electron chi connectivity index (χ1n) is 8.69. The van der Waals surface area contributed by atoms with Gasteiger partial charge in [0.25, 0.3) is 0 Å². The van der Waals surface area contributed by atoms with E-state index < -0.39 is 13.2 Å². The zero-order chi connectivity index (χ0) is 17.0. The van der Waals surface area contributed by atoms with Crippen LogP contribution in [-0.2, 0) is 4.57 Å². The fourth-order valence-electron chi connectivity index (χ4n) is 3.92. The van der Waals surface area contributed by atoms with Crippen LogP contribution < -0.4 is 10.6 Å². The number of rotatable bonds is 5. The Morgan fingerprint density at radius 3 is 1.92 bits per heavy atom. The van der Waals surface area contributed by atoms with Gasteiger partial charge in [0.2, 0.25) is 0 Å². The Balaban J connectivity index is 2.13. The lowest BCUT2D eigenvalue weighted by Gasteiger charge is -2.37. The Morgan fingerprint density at radius 1 is 0.958 bits per heavy atom. The van der Waals surface area contributed by atoms with Gasteiger partial charge in [0.15, 0.2) is 0 Å². The highest BCUT2D eigenvalue weighted by Crippen LogP contribution is 2.54. The highest BCUT2D eigenvalue weighted by atomic mass is 31.2. The zero-order valence-electron chi connectivity index (χ0n) is 13.9. The minimum absolute atomic E-state index is 0.00231. The molecule has 0 bridgehead atoms. The fraction of sp³-hybridized carbons (Fsp3) is 0.333. The van der Waals surface area contributed by atoms with Crippen LogP contribution in [0.1, 0.15) is 25.7 Å². The number of benzene rings is 2. The molecule has 1 unspecified atom stereocenters. The topological polar surface area (TPSA) is 37.3 Å². The molecule has 0 aromatic heterocycles. The Kier molecular flexibility index (Phi) is 5.38. The molecule has 1 saturated carbocycles. The summed E-state index contributed by atoms with van der Waals surface area (Å²) in [6, 6.07) is 19.4. The Hall–Kier alpha value is -1.63. The van der Waals surface area contributed by atoms with E-state index >= 15 is 0 Å². The monoisotopic (exact) mass is 340 g/mol. The van der Waals surface area contributed by atoms with E-state index in [1.54, 1.807) is 0 Å². The molecule has 0 amide bonds. The number of hydrogen-bond acceptors (Lipinski definition) is 2. The van der Waals surface area contributed by atoms with Crippen LogP contribution in [0.2, 0.25) is 0 Å². The second kappa shape index (κ2) is 7.51. The second-order valence-electron chi connectivity index (χ2n) is 6.57. The normalized spacial score (nSPS) is 22.7. The third kappa shape index (κ3) is 3.14. The summed E-state index contributed by atoms with van der Waals surface area (Å²) in [6.45, 7) is 4.00. The van der Waals surface area contributed by atoms with E-state index in [0.29, 0.717) is 0 Å². The Morgan fingerprint density at radius 2 is 1.46 bits per heavy atom. The van der Waals surface area contributed by atoms with E-state index in [0.717, 1.165) is 36.3 Å². The highest BCUT2D eigenvalue weighted by molar-refractivity contribution is 7.79. The van der Waals surface area contributed by atoms with Crippen molar-refractivity contribution in [3.8, 4) is 0 Å². The van der Waals surface area contributed by atoms with E-state index in [1.807, 2.05) is 66.7 Å². The molecule has 3 heteroatoms. The summed E-state index contributed by atoms with van der Waals surface area (Å²) in [7, 11) is -2.92. The minimum atomic E-state index is -2.92. The van der Waals surface area contributed by atoms with Crippen molar-refractivity contribution in [2.45, 2.75) is 37.4 Å². The van der Waals surface area contributed by atoms with Gasteiger partial charge in [-0.2, -0.15) is 0 Å². The van der Waals surface area contributed by atoms with Gasteiger partial charge in [-0.1, -0.05) is 79.6 Å². The number of hydrogen-bond donors (Lipinski definition) is 1. The SMILES string of the molecule is C=CC([C@H]1CCCC[C@@H]1O)P(=O)(c1ccccc1)c1ccccc1. The van der Waals surface area contributed by atoms with E-state index in [4.69, 9.17) is 0 Å². The van der Waals surface area contributed by atoms with Crippen molar-refractivity contribution in [3.63, 3.8) is 0 Å². The first-order valence-corrected chi connectivity index (χ1v) is 10.5. The lowest BCUT2D eigenvalue weighted by Crippen LogP contribution is -2.38. The van der Waals surface area contributed by atoms with E-state index in [9.17, 15) is 9.67 Å². The maximum absolute atomic E-state index is 14.4. The first kappa shape index (κ1) is 17.2. The summed E-state index contributed by atoms with van der Waals surface area (Å²) in [5.74, 6) is 0.00231. The predicted octanol–water partition coefficient (Wildman–Crippen LogP) is 4.11. The van der Waals surface area contributed by atoms with Crippen molar-refractivity contribution in [1.82, 2.24) is 0 Å². The number of aliphatic hydroxyl groups excluding tert-OH is 1. The summed E-state index contributed by atoms with van der Waals surface area (Å²) in [4.78, 5) is 0. The van der Waals surface area contributed by atoms with Gasteiger partial charge in [-0.3, -0.25) is 0 Å². The summed E-state index contributed by atoms with van der Waals surface area (Å²) in [5.41, 5.74) is -0.238. The summed E-state index contributed by atoms with van der Waals surface area (Å²) < 4.78 is 14.4. The molecule has 2 aromatic rings. The Labute approximate surface area is 144 Å². The van der Waals surface area contributed by atoms with Gasteiger partial charge in [0, 0.05) is 16.3 Å². The molecule has 2 aromatic carbocycles. The molecule has 3 atom stereocenters. The van der Waals surface area contributed by atoms with Gasteiger partial charge >= 0.3 is 0 Å². The smallest absolute Gasteiger partial charge is 0.150 e. The minimum Gasteiger partial charge on any atom is -0.393 e. The fourth-order valence-corrected chi connectivity index (χ4v) is 7.32. The van der Waals surface area contributed by atoms with Crippen LogP contribution in [0.5, 0.6) is 0 Å². The van der Waals surface area contributed by atoms with Crippen molar-refractivity contribution in [2.75, 3.05) is 0 Å². The molecule has 126 valence electrons. The predicted molar refractivity (Wildman–Crippen MR) is 102 cm³/mol. The lowest BCUT2D eigenvalue weighted by atomic mass is 9.84. The molecule has 24 heavy (non-hydrogen) atoms. The Bertz CT molecular complexity index is 668. The molecule has 2 nitrogen and oxygen atoms in total. The standard InChI is InChI=1S/C21H25O2P/c1-2-21(19-15-9-10-16-20(19)22)24(23,17-11-5-3-6-12-17)18-13-7-4-8-14-18/h2-8,11-14,19-22H,1,9-10,15-16H2/t19-,20-,21?/m0/s1. The summed E-state index contributed by atoms with van der Waals surface area (Å²) in [6.07, 6.45) is 5.24. The average Bonchev–Trinajstić information content (AvgIpc) is 2.65. The number of allylic oxidation sites excluding steroid dienone is 1. The molecule has 1 N–H and O–H groups in total. The van der Waals surface area contributed by atoms with Crippen LogP contribution >= 0.6 is 7.14 Å². The van der Waals surface area contributed by atoms with E-state index in [-0.39, 0.29) is 11.6 Å². The first-order chi connectivity index (χ1) is 11.7. The maximum atomic E-state index is 14.4. The van der Waals surface area contributed by atoms with Gasteiger partial charge in [-0.05, 0) is 18.8 Å². The molecule has 3 rings (SSSR count).